The quantitative estimate of drug-likeness (QED) is 0.886. The van der Waals surface area contributed by atoms with Gasteiger partial charge in [0.2, 0.25) is 5.91 Å². The lowest BCUT2D eigenvalue weighted by molar-refractivity contribution is -0.140. The van der Waals surface area contributed by atoms with Crippen LogP contribution in [0.2, 0.25) is 0 Å². The molecule has 9 heteroatoms. The molecule has 0 radical (unpaired) electrons. The van der Waals surface area contributed by atoms with Crippen molar-refractivity contribution in [1.82, 2.24) is 15.2 Å². The lowest BCUT2D eigenvalue weighted by atomic mass is 9.96. The lowest BCUT2D eigenvalue weighted by Gasteiger charge is -2.35. The van der Waals surface area contributed by atoms with Gasteiger partial charge in [-0.15, -0.1) is 11.3 Å². The van der Waals surface area contributed by atoms with Crippen molar-refractivity contribution in [2.45, 2.75) is 18.8 Å². The van der Waals surface area contributed by atoms with Crippen molar-refractivity contribution in [3.63, 3.8) is 0 Å². The van der Waals surface area contributed by atoms with E-state index in [1.165, 1.54) is 29.5 Å². The number of carbonyl (C=O) groups is 1. The number of anilines is 1. The molecule has 5 nitrogen and oxygen atoms in total. The van der Waals surface area contributed by atoms with Gasteiger partial charge in [-0.25, -0.2) is 4.98 Å². The average molecular weight is 356 g/mol. The summed E-state index contributed by atoms with van der Waals surface area (Å²) in [6, 6.07) is 4.18. The summed E-state index contributed by atoms with van der Waals surface area (Å²) in [6.07, 6.45) is -2.94. The van der Waals surface area contributed by atoms with Gasteiger partial charge >= 0.3 is 6.18 Å². The van der Waals surface area contributed by atoms with Gasteiger partial charge < -0.3 is 11.1 Å². The van der Waals surface area contributed by atoms with E-state index in [0.29, 0.717) is 24.8 Å². The normalized spacial score (nSPS) is 19.3. The number of nitrogen functional groups attached to an aromatic ring is 1. The first-order valence-electron chi connectivity index (χ1n) is 7.24. The maximum Gasteiger partial charge on any atom is 0.416 e. The fraction of sp³-hybridized carbons (Fsp3) is 0.333. The minimum absolute atomic E-state index is 0.0420. The molecular weight excluding hydrogens is 341 g/mol. The van der Waals surface area contributed by atoms with Crippen LogP contribution in [0.1, 0.15) is 22.0 Å². The molecule has 0 aliphatic carbocycles. The van der Waals surface area contributed by atoms with Crippen LogP contribution in [0, 0.1) is 0 Å². The van der Waals surface area contributed by atoms with Gasteiger partial charge in [-0.2, -0.15) is 13.2 Å². The number of thiazole rings is 1. The van der Waals surface area contributed by atoms with Crippen molar-refractivity contribution in [2.24, 2.45) is 0 Å². The van der Waals surface area contributed by atoms with E-state index in [-0.39, 0.29) is 5.56 Å². The van der Waals surface area contributed by atoms with E-state index in [2.05, 4.69) is 10.3 Å². The summed E-state index contributed by atoms with van der Waals surface area (Å²) in [5, 5.41) is 3.03. The highest BCUT2D eigenvalue weighted by Gasteiger charge is 2.40. The zero-order valence-electron chi connectivity index (χ0n) is 12.5. The predicted octanol–water partition coefficient (Wildman–Crippen LogP) is 2.42. The minimum Gasteiger partial charge on any atom is -0.375 e. The molecule has 3 N–H and O–H groups in total. The Kier molecular flexibility index (Phi) is 4.46. The molecule has 1 aliphatic heterocycles. The van der Waals surface area contributed by atoms with Gasteiger partial charge in [-0.1, -0.05) is 18.2 Å². The van der Waals surface area contributed by atoms with Crippen LogP contribution in [0.3, 0.4) is 0 Å². The van der Waals surface area contributed by atoms with Crippen LogP contribution in [-0.2, 0) is 17.5 Å². The molecule has 1 aliphatic rings. The molecule has 24 heavy (non-hydrogen) atoms. The number of piperazine rings is 1. The molecule has 2 aromatic rings. The number of halogens is 3. The Morgan fingerprint density at radius 3 is 2.79 bits per heavy atom. The molecule has 0 saturated carbocycles. The smallest absolute Gasteiger partial charge is 0.375 e. The number of rotatable bonds is 3. The number of amides is 1. The molecule has 1 atom stereocenters. The number of aromatic nitrogens is 1. The molecule has 1 saturated heterocycles. The number of hydrogen-bond donors (Lipinski definition) is 2. The molecule has 1 amide bonds. The number of alkyl halides is 3. The maximum absolute atomic E-state index is 13.3. The Hall–Kier alpha value is -2.13. The lowest BCUT2D eigenvalue weighted by Crippen LogP contribution is -2.49. The third kappa shape index (κ3) is 3.36. The zero-order chi connectivity index (χ0) is 17.3. The summed E-state index contributed by atoms with van der Waals surface area (Å²) in [4.78, 5) is 18.8. The molecule has 0 spiro atoms. The predicted molar refractivity (Wildman–Crippen MR) is 84.1 cm³/mol. The van der Waals surface area contributed by atoms with E-state index in [0.717, 1.165) is 10.9 Å². The first kappa shape index (κ1) is 16.7. The fourth-order valence-corrected chi connectivity index (χ4v) is 3.52. The van der Waals surface area contributed by atoms with Crippen molar-refractivity contribution in [3.05, 3.63) is 46.5 Å². The van der Waals surface area contributed by atoms with Crippen LogP contribution >= 0.6 is 11.3 Å². The second-order valence-electron chi connectivity index (χ2n) is 5.41. The van der Waals surface area contributed by atoms with Gasteiger partial charge in [-0.3, -0.25) is 9.69 Å². The third-order valence-corrected chi connectivity index (χ3v) is 4.61. The monoisotopic (exact) mass is 356 g/mol. The SMILES string of the molecule is Nc1ncc(CN2CCNC(=O)C2c2ccccc2C(F)(F)F)s1. The van der Waals surface area contributed by atoms with E-state index in [1.807, 2.05) is 0 Å². The molecule has 2 heterocycles. The van der Waals surface area contributed by atoms with E-state index in [1.54, 1.807) is 11.1 Å². The molecule has 1 aromatic heterocycles. The van der Waals surface area contributed by atoms with Gasteiger partial charge in [0.1, 0.15) is 6.04 Å². The standard InChI is InChI=1S/C15H15F3N4OS/c16-15(17,18)11-4-2-1-3-10(11)12-13(23)20-5-6-22(12)8-9-7-21-14(19)24-9/h1-4,7,12H,5-6,8H2,(H2,19,21)(H,20,23). The Morgan fingerprint density at radius 1 is 1.38 bits per heavy atom. The molecular formula is C15H15F3N4OS. The second kappa shape index (κ2) is 6.40. The van der Waals surface area contributed by atoms with Crippen LogP contribution in [0.5, 0.6) is 0 Å². The van der Waals surface area contributed by atoms with Gasteiger partial charge in [0.15, 0.2) is 5.13 Å². The summed E-state index contributed by atoms with van der Waals surface area (Å²) >= 11 is 1.26. The number of nitrogens with zero attached hydrogens (tertiary/aromatic N) is 2. The second-order valence-corrected chi connectivity index (χ2v) is 6.56. The highest BCUT2D eigenvalue weighted by molar-refractivity contribution is 7.15. The number of nitrogens with one attached hydrogen (secondary N) is 1. The number of benzene rings is 1. The van der Waals surface area contributed by atoms with Crippen LogP contribution in [0.25, 0.3) is 0 Å². The largest absolute Gasteiger partial charge is 0.416 e. The number of carbonyl (C=O) groups excluding carboxylic acids is 1. The summed E-state index contributed by atoms with van der Waals surface area (Å²) < 4.78 is 39.9. The van der Waals surface area contributed by atoms with Crippen molar-refractivity contribution in [3.8, 4) is 0 Å². The molecule has 3 rings (SSSR count). The zero-order valence-corrected chi connectivity index (χ0v) is 13.3. The highest BCUT2D eigenvalue weighted by Crippen LogP contribution is 2.37. The van der Waals surface area contributed by atoms with Crippen LogP contribution < -0.4 is 11.1 Å². The maximum atomic E-state index is 13.3. The summed E-state index contributed by atoms with van der Waals surface area (Å²) in [5.41, 5.74) is 4.77. The number of nitrogens with two attached hydrogens (primary N) is 1. The van der Waals surface area contributed by atoms with E-state index in [4.69, 9.17) is 5.73 Å². The van der Waals surface area contributed by atoms with Crippen molar-refractivity contribution >= 4 is 22.4 Å². The number of hydrogen-bond acceptors (Lipinski definition) is 5. The first-order valence-corrected chi connectivity index (χ1v) is 8.06. The van der Waals surface area contributed by atoms with Gasteiger partial charge in [-0.05, 0) is 11.6 Å². The van der Waals surface area contributed by atoms with E-state index in [9.17, 15) is 18.0 Å². The molecule has 1 unspecified atom stereocenters. The third-order valence-electron chi connectivity index (χ3n) is 3.80. The van der Waals surface area contributed by atoms with Crippen LogP contribution in [0.4, 0.5) is 18.3 Å². The average Bonchev–Trinajstić information content (AvgIpc) is 2.92. The van der Waals surface area contributed by atoms with Gasteiger partial charge in [0.05, 0.1) is 5.56 Å². The van der Waals surface area contributed by atoms with Crippen molar-refractivity contribution in [2.75, 3.05) is 18.8 Å². The van der Waals surface area contributed by atoms with Gasteiger partial charge in [0, 0.05) is 30.7 Å². The molecule has 128 valence electrons. The van der Waals surface area contributed by atoms with E-state index >= 15 is 0 Å². The fourth-order valence-electron chi connectivity index (χ4n) is 2.81. The van der Waals surface area contributed by atoms with E-state index < -0.39 is 23.7 Å². The Labute approximate surface area is 140 Å². The highest BCUT2D eigenvalue weighted by atomic mass is 32.1. The summed E-state index contributed by atoms with van der Waals surface area (Å²) in [6.45, 7) is 1.15. The topological polar surface area (TPSA) is 71.2 Å². The minimum atomic E-state index is -4.52. The summed E-state index contributed by atoms with van der Waals surface area (Å²) in [7, 11) is 0. The Balaban J connectivity index is 1.97. The molecule has 1 fully saturated rings. The van der Waals surface area contributed by atoms with Crippen LogP contribution in [0.15, 0.2) is 30.5 Å². The van der Waals surface area contributed by atoms with Crippen molar-refractivity contribution in [1.29, 1.82) is 0 Å². The Bertz CT molecular complexity index is 746. The molecule has 0 bridgehead atoms. The van der Waals surface area contributed by atoms with Crippen LogP contribution in [-0.4, -0.2) is 28.9 Å². The Morgan fingerprint density at radius 2 is 2.12 bits per heavy atom. The molecule has 1 aromatic carbocycles. The first-order chi connectivity index (χ1) is 11.4. The van der Waals surface area contributed by atoms with Gasteiger partial charge in [0.25, 0.3) is 0 Å². The van der Waals surface area contributed by atoms with Crippen molar-refractivity contribution < 1.29 is 18.0 Å². The summed E-state index contributed by atoms with van der Waals surface area (Å²) in [5.74, 6) is -0.435.